The maximum atomic E-state index is 12.2. The predicted octanol–water partition coefficient (Wildman–Crippen LogP) is 3.38. The Morgan fingerprint density at radius 1 is 1.22 bits per heavy atom. The van der Waals surface area contributed by atoms with Crippen molar-refractivity contribution in [3.05, 3.63) is 41.2 Å². The highest BCUT2D eigenvalue weighted by Gasteiger charge is 2.18. The zero-order valence-electron chi connectivity index (χ0n) is 10.8. The van der Waals surface area contributed by atoms with E-state index in [9.17, 15) is 4.57 Å². The van der Waals surface area contributed by atoms with Crippen molar-refractivity contribution in [1.82, 2.24) is 0 Å². The quantitative estimate of drug-likeness (QED) is 0.771. The van der Waals surface area contributed by atoms with Gasteiger partial charge in [-0.05, 0) is 31.1 Å². The fourth-order valence-corrected chi connectivity index (χ4v) is 2.85. The van der Waals surface area contributed by atoms with Gasteiger partial charge in [0, 0.05) is 12.4 Å². The van der Waals surface area contributed by atoms with Crippen molar-refractivity contribution in [1.29, 1.82) is 0 Å². The standard InChI is InChI=1S/C13H20NO3P/c1-3-16-18(15,17-4-2)10-9-12-7-5-6-8-13(12)11-14/h5-10H,3-4,11,14H2,1-2H3. The van der Waals surface area contributed by atoms with Gasteiger partial charge in [0.1, 0.15) is 0 Å². The van der Waals surface area contributed by atoms with Gasteiger partial charge in [-0.15, -0.1) is 0 Å². The van der Waals surface area contributed by atoms with Crippen LogP contribution in [-0.4, -0.2) is 13.2 Å². The average Bonchev–Trinajstić information content (AvgIpc) is 2.37. The first-order chi connectivity index (χ1) is 8.65. The summed E-state index contributed by atoms with van der Waals surface area (Å²) in [6, 6.07) is 7.68. The van der Waals surface area contributed by atoms with E-state index in [4.69, 9.17) is 14.8 Å². The molecule has 0 aliphatic rings. The van der Waals surface area contributed by atoms with Gasteiger partial charge in [0.05, 0.1) is 13.2 Å². The van der Waals surface area contributed by atoms with Crippen LogP contribution < -0.4 is 5.73 Å². The largest absolute Gasteiger partial charge is 0.354 e. The maximum absolute atomic E-state index is 12.2. The molecule has 5 heteroatoms. The minimum atomic E-state index is -3.14. The van der Waals surface area contributed by atoms with Crippen molar-refractivity contribution in [2.45, 2.75) is 20.4 Å². The van der Waals surface area contributed by atoms with Crippen LogP contribution in [-0.2, 0) is 20.2 Å². The third-order valence-corrected chi connectivity index (χ3v) is 4.08. The molecular formula is C13H20NO3P. The fourth-order valence-electron chi connectivity index (χ4n) is 1.54. The summed E-state index contributed by atoms with van der Waals surface area (Å²) in [6.45, 7) is 4.70. The summed E-state index contributed by atoms with van der Waals surface area (Å²) in [4.78, 5) is 0. The van der Waals surface area contributed by atoms with E-state index in [1.54, 1.807) is 19.9 Å². The average molecular weight is 269 g/mol. The number of rotatable bonds is 7. The highest BCUT2D eigenvalue weighted by molar-refractivity contribution is 7.57. The van der Waals surface area contributed by atoms with E-state index in [1.165, 1.54) is 5.82 Å². The third kappa shape index (κ3) is 4.39. The maximum Gasteiger partial charge on any atom is 0.354 e. The minimum Gasteiger partial charge on any atom is -0.326 e. The second-order valence-electron chi connectivity index (χ2n) is 3.59. The van der Waals surface area contributed by atoms with Crippen LogP contribution in [0.15, 0.2) is 30.1 Å². The lowest BCUT2D eigenvalue weighted by Crippen LogP contribution is -1.98. The van der Waals surface area contributed by atoms with Gasteiger partial charge < -0.3 is 14.8 Å². The Kier molecular flexibility index (Phi) is 6.30. The summed E-state index contributed by atoms with van der Waals surface area (Å²) in [5.41, 5.74) is 7.57. The molecule has 0 amide bonds. The number of hydrogen-bond acceptors (Lipinski definition) is 4. The monoisotopic (exact) mass is 269 g/mol. The second-order valence-corrected chi connectivity index (χ2v) is 5.49. The van der Waals surface area contributed by atoms with Crippen molar-refractivity contribution < 1.29 is 13.6 Å². The molecule has 0 fully saturated rings. The lowest BCUT2D eigenvalue weighted by atomic mass is 10.1. The van der Waals surface area contributed by atoms with E-state index in [0.717, 1.165) is 11.1 Å². The van der Waals surface area contributed by atoms with Crippen LogP contribution in [0.4, 0.5) is 0 Å². The molecule has 4 nitrogen and oxygen atoms in total. The molecular weight excluding hydrogens is 249 g/mol. The molecule has 100 valence electrons. The molecule has 0 atom stereocenters. The molecule has 0 aliphatic carbocycles. The van der Waals surface area contributed by atoms with E-state index in [1.807, 2.05) is 24.3 Å². The molecule has 0 aliphatic heterocycles. The van der Waals surface area contributed by atoms with Gasteiger partial charge in [0.15, 0.2) is 0 Å². The smallest absolute Gasteiger partial charge is 0.326 e. The summed E-state index contributed by atoms with van der Waals surface area (Å²) in [7, 11) is -3.14. The van der Waals surface area contributed by atoms with Crippen molar-refractivity contribution in [2.75, 3.05) is 13.2 Å². The van der Waals surface area contributed by atoms with Crippen LogP contribution in [0.25, 0.3) is 6.08 Å². The molecule has 0 unspecified atom stereocenters. The minimum absolute atomic E-state index is 0.347. The lowest BCUT2D eigenvalue weighted by Gasteiger charge is -2.12. The van der Waals surface area contributed by atoms with Gasteiger partial charge in [-0.1, -0.05) is 24.3 Å². The molecule has 1 aromatic carbocycles. The Labute approximate surface area is 108 Å². The molecule has 18 heavy (non-hydrogen) atoms. The molecule has 0 aromatic heterocycles. The van der Waals surface area contributed by atoms with E-state index < -0.39 is 7.60 Å². The van der Waals surface area contributed by atoms with Gasteiger partial charge in [0.2, 0.25) is 0 Å². The molecule has 0 radical (unpaired) electrons. The Hall–Kier alpha value is -0.930. The zero-order chi connectivity index (χ0) is 13.4. The summed E-state index contributed by atoms with van der Waals surface area (Å²) >= 11 is 0. The van der Waals surface area contributed by atoms with Crippen LogP contribution in [0.3, 0.4) is 0 Å². The molecule has 0 bridgehead atoms. The van der Waals surface area contributed by atoms with Gasteiger partial charge in [-0.2, -0.15) is 0 Å². The Bertz CT molecular complexity index is 436. The summed E-state index contributed by atoms with van der Waals surface area (Å²) < 4.78 is 22.6. The Balaban J connectivity index is 2.92. The lowest BCUT2D eigenvalue weighted by molar-refractivity contribution is 0.229. The van der Waals surface area contributed by atoms with E-state index >= 15 is 0 Å². The third-order valence-electron chi connectivity index (χ3n) is 2.33. The number of hydrogen-bond donors (Lipinski definition) is 1. The van der Waals surface area contributed by atoms with Gasteiger partial charge >= 0.3 is 7.60 Å². The van der Waals surface area contributed by atoms with Crippen LogP contribution in [0.2, 0.25) is 0 Å². The molecule has 1 aromatic rings. The topological polar surface area (TPSA) is 61.5 Å². The fraction of sp³-hybridized carbons (Fsp3) is 0.385. The summed E-state index contributed by atoms with van der Waals surface area (Å²) in [5, 5.41) is 0. The first-order valence-electron chi connectivity index (χ1n) is 6.01. The Morgan fingerprint density at radius 3 is 2.39 bits per heavy atom. The highest BCUT2D eigenvalue weighted by Crippen LogP contribution is 2.50. The van der Waals surface area contributed by atoms with Crippen molar-refractivity contribution in [2.24, 2.45) is 5.73 Å². The number of benzene rings is 1. The highest BCUT2D eigenvalue weighted by atomic mass is 31.2. The van der Waals surface area contributed by atoms with E-state index in [-0.39, 0.29) is 0 Å². The second kappa shape index (κ2) is 7.49. The van der Waals surface area contributed by atoms with Gasteiger partial charge in [-0.25, -0.2) is 0 Å². The van der Waals surface area contributed by atoms with Crippen LogP contribution in [0, 0.1) is 0 Å². The normalized spacial score (nSPS) is 12.2. The van der Waals surface area contributed by atoms with E-state index in [2.05, 4.69) is 0 Å². The van der Waals surface area contributed by atoms with Gasteiger partial charge in [-0.3, -0.25) is 4.57 Å². The van der Waals surface area contributed by atoms with Crippen molar-refractivity contribution >= 4 is 13.7 Å². The summed E-state index contributed by atoms with van der Waals surface area (Å²) in [6.07, 6.45) is 1.74. The van der Waals surface area contributed by atoms with E-state index in [0.29, 0.717) is 19.8 Å². The Morgan fingerprint density at radius 2 is 1.83 bits per heavy atom. The van der Waals surface area contributed by atoms with Gasteiger partial charge in [0.25, 0.3) is 0 Å². The molecule has 0 saturated heterocycles. The first kappa shape index (κ1) is 15.1. The number of nitrogens with two attached hydrogens (primary N) is 1. The molecule has 0 saturated carbocycles. The summed E-state index contributed by atoms with van der Waals surface area (Å²) in [5.74, 6) is 1.49. The molecule has 1 rings (SSSR count). The predicted molar refractivity (Wildman–Crippen MR) is 74.2 cm³/mol. The molecule has 2 N–H and O–H groups in total. The van der Waals surface area contributed by atoms with Crippen LogP contribution in [0.5, 0.6) is 0 Å². The van der Waals surface area contributed by atoms with Crippen molar-refractivity contribution in [3.8, 4) is 0 Å². The zero-order valence-corrected chi connectivity index (χ0v) is 11.7. The molecule has 0 heterocycles. The van der Waals surface area contributed by atoms with Crippen LogP contribution in [0.1, 0.15) is 25.0 Å². The molecule has 0 spiro atoms. The first-order valence-corrected chi connectivity index (χ1v) is 7.62. The SMILES string of the molecule is CCOP(=O)(C=Cc1ccccc1CN)OCC. The van der Waals surface area contributed by atoms with Crippen LogP contribution >= 0.6 is 7.60 Å². The van der Waals surface area contributed by atoms with Crippen molar-refractivity contribution in [3.63, 3.8) is 0 Å².